The van der Waals surface area contributed by atoms with E-state index in [-0.39, 0.29) is 12.2 Å². The second kappa shape index (κ2) is 5.17. The molecule has 0 radical (unpaired) electrons. The predicted octanol–water partition coefficient (Wildman–Crippen LogP) is 1.68. The van der Waals surface area contributed by atoms with Crippen LogP contribution in [0.15, 0.2) is 12.1 Å². The first kappa shape index (κ1) is 12.1. The van der Waals surface area contributed by atoms with Crippen molar-refractivity contribution in [2.45, 2.75) is 20.3 Å². The van der Waals surface area contributed by atoms with E-state index in [0.717, 1.165) is 0 Å². The van der Waals surface area contributed by atoms with Gasteiger partial charge in [0.2, 0.25) is 0 Å². The number of benzene rings is 1. The summed E-state index contributed by atoms with van der Waals surface area (Å²) in [5.41, 5.74) is 1.47. The highest BCUT2D eigenvalue weighted by Crippen LogP contribution is 2.23. The highest BCUT2D eigenvalue weighted by molar-refractivity contribution is 5.74. The Kier molecular flexibility index (Phi) is 3.90. The van der Waals surface area contributed by atoms with Gasteiger partial charge in [-0.25, -0.2) is 0 Å². The van der Waals surface area contributed by atoms with Crippen molar-refractivity contribution >= 4 is 5.97 Å². The van der Waals surface area contributed by atoms with Gasteiger partial charge in [0.05, 0.1) is 24.7 Å². The van der Waals surface area contributed by atoms with Crippen LogP contribution < -0.4 is 0 Å². The zero-order valence-electron chi connectivity index (χ0n) is 9.28. The van der Waals surface area contributed by atoms with Crippen molar-refractivity contribution in [1.82, 2.24) is 0 Å². The SMILES string of the molecule is CCOC(=O)Cc1c(C#N)ccc(O)c1C. The van der Waals surface area contributed by atoms with Crippen LogP contribution in [0.2, 0.25) is 0 Å². The van der Waals surface area contributed by atoms with Crippen LogP contribution in [0.4, 0.5) is 0 Å². The molecule has 0 aromatic heterocycles. The number of hydrogen-bond donors (Lipinski definition) is 1. The van der Waals surface area contributed by atoms with E-state index < -0.39 is 5.97 Å². The number of esters is 1. The van der Waals surface area contributed by atoms with Gasteiger partial charge in [-0.05, 0) is 37.1 Å². The number of nitriles is 1. The molecule has 4 nitrogen and oxygen atoms in total. The minimum absolute atomic E-state index is 0.0109. The number of carbonyl (C=O) groups excluding carboxylic acids is 1. The van der Waals surface area contributed by atoms with E-state index in [2.05, 4.69) is 0 Å². The summed E-state index contributed by atoms with van der Waals surface area (Å²) >= 11 is 0. The minimum atomic E-state index is -0.396. The summed E-state index contributed by atoms with van der Waals surface area (Å²) in [5, 5.41) is 18.4. The van der Waals surface area contributed by atoms with Gasteiger partial charge in [0.15, 0.2) is 0 Å². The lowest BCUT2D eigenvalue weighted by Gasteiger charge is -2.09. The molecule has 84 valence electrons. The molecule has 1 N–H and O–H groups in total. The average Bonchev–Trinajstić information content (AvgIpc) is 2.25. The fraction of sp³-hybridized carbons (Fsp3) is 0.333. The van der Waals surface area contributed by atoms with Gasteiger partial charge in [-0.15, -0.1) is 0 Å². The van der Waals surface area contributed by atoms with Gasteiger partial charge in [-0.3, -0.25) is 4.79 Å². The predicted molar refractivity (Wildman–Crippen MR) is 57.9 cm³/mol. The molecule has 4 heteroatoms. The largest absolute Gasteiger partial charge is 0.508 e. The highest BCUT2D eigenvalue weighted by atomic mass is 16.5. The summed E-state index contributed by atoms with van der Waals surface area (Å²) in [6, 6.07) is 4.94. The van der Waals surface area contributed by atoms with Crippen molar-refractivity contribution < 1.29 is 14.6 Å². The molecule has 0 amide bonds. The number of aromatic hydroxyl groups is 1. The molecule has 0 saturated heterocycles. The third-order valence-corrected chi connectivity index (χ3v) is 2.32. The van der Waals surface area contributed by atoms with Crippen LogP contribution in [-0.4, -0.2) is 17.7 Å². The maximum absolute atomic E-state index is 11.3. The van der Waals surface area contributed by atoms with Gasteiger partial charge in [0.25, 0.3) is 0 Å². The van der Waals surface area contributed by atoms with E-state index in [1.54, 1.807) is 13.8 Å². The summed E-state index contributed by atoms with van der Waals surface area (Å²) in [4.78, 5) is 11.3. The Morgan fingerprint density at radius 3 is 2.81 bits per heavy atom. The van der Waals surface area contributed by atoms with E-state index in [9.17, 15) is 9.90 Å². The summed E-state index contributed by atoms with van der Waals surface area (Å²) in [7, 11) is 0. The number of nitrogens with zero attached hydrogens (tertiary/aromatic N) is 1. The summed E-state index contributed by atoms with van der Waals surface area (Å²) in [6.07, 6.45) is 0.0109. The number of ether oxygens (including phenoxy) is 1. The molecule has 0 saturated carbocycles. The maximum Gasteiger partial charge on any atom is 0.310 e. The van der Waals surface area contributed by atoms with Gasteiger partial charge < -0.3 is 9.84 Å². The van der Waals surface area contributed by atoms with Crippen LogP contribution >= 0.6 is 0 Å². The van der Waals surface area contributed by atoms with Crippen LogP contribution in [0.3, 0.4) is 0 Å². The quantitative estimate of drug-likeness (QED) is 0.785. The molecule has 0 bridgehead atoms. The number of phenols is 1. The fourth-order valence-corrected chi connectivity index (χ4v) is 1.43. The van der Waals surface area contributed by atoms with Crippen LogP contribution in [0.5, 0.6) is 5.75 Å². The Morgan fingerprint density at radius 1 is 1.56 bits per heavy atom. The Morgan fingerprint density at radius 2 is 2.25 bits per heavy atom. The fourth-order valence-electron chi connectivity index (χ4n) is 1.43. The molecular formula is C12H13NO3. The first-order chi connectivity index (χ1) is 7.60. The van der Waals surface area contributed by atoms with Gasteiger partial charge >= 0.3 is 5.97 Å². The molecule has 16 heavy (non-hydrogen) atoms. The van der Waals surface area contributed by atoms with Crippen molar-refractivity contribution in [1.29, 1.82) is 5.26 Å². The normalized spacial score (nSPS) is 9.56. The van der Waals surface area contributed by atoms with Crippen molar-refractivity contribution in [2.75, 3.05) is 6.61 Å². The van der Waals surface area contributed by atoms with Crippen LogP contribution in [0, 0.1) is 18.3 Å². The minimum Gasteiger partial charge on any atom is -0.508 e. The van der Waals surface area contributed by atoms with E-state index in [1.807, 2.05) is 6.07 Å². The molecule has 1 aromatic rings. The van der Waals surface area contributed by atoms with E-state index >= 15 is 0 Å². The lowest BCUT2D eigenvalue weighted by atomic mass is 9.99. The molecule has 0 aliphatic carbocycles. The molecule has 0 unspecified atom stereocenters. The first-order valence-corrected chi connectivity index (χ1v) is 4.97. The standard InChI is InChI=1S/C12H13NO3/c1-3-16-12(15)6-10-8(2)11(14)5-4-9(10)7-13/h4-5,14H,3,6H2,1-2H3. The molecule has 0 aliphatic heterocycles. The first-order valence-electron chi connectivity index (χ1n) is 4.97. The Bertz CT molecular complexity index is 446. The van der Waals surface area contributed by atoms with Gasteiger partial charge in [-0.1, -0.05) is 0 Å². The van der Waals surface area contributed by atoms with Crippen LogP contribution in [0.1, 0.15) is 23.6 Å². The molecule has 0 atom stereocenters. The number of rotatable bonds is 3. The topological polar surface area (TPSA) is 70.3 Å². The molecule has 0 aliphatic rings. The monoisotopic (exact) mass is 219 g/mol. The summed E-state index contributed by atoms with van der Waals surface area (Å²) < 4.78 is 4.81. The lowest BCUT2D eigenvalue weighted by Crippen LogP contribution is -2.10. The van der Waals surface area contributed by atoms with Crippen LogP contribution in [-0.2, 0) is 16.0 Å². The second-order valence-corrected chi connectivity index (χ2v) is 3.33. The number of hydrogen-bond acceptors (Lipinski definition) is 4. The molecule has 0 heterocycles. The van der Waals surface area contributed by atoms with Crippen molar-refractivity contribution in [2.24, 2.45) is 0 Å². The second-order valence-electron chi connectivity index (χ2n) is 3.33. The number of phenolic OH excluding ortho intramolecular Hbond substituents is 1. The Balaban J connectivity index is 3.07. The van der Waals surface area contributed by atoms with Crippen molar-refractivity contribution in [3.63, 3.8) is 0 Å². The number of carbonyl (C=O) groups is 1. The smallest absolute Gasteiger partial charge is 0.310 e. The van der Waals surface area contributed by atoms with E-state index in [0.29, 0.717) is 23.3 Å². The average molecular weight is 219 g/mol. The molecule has 0 fully saturated rings. The molecule has 0 spiro atoms. The van der Waals surface area contributed by atoms with Crippen molar-refractivity contribution in [3.05, 3.63) is 28.8 Å². The summed E-state index contributed by atoms with van der Waals surface area (Å²) in [5.74, 6) is -0.314. The van der Waals surface area contributed by atoms with Gasteiger partial charge in [0, 0.05) is 0 Å². The van der Waals surface area contributed by atoms with E-state index in [1.165, 1.54) is 12.1 Å². The lowest BCUT2D eigenvalue weighted by molar-refractivity contribution is -0.142. The third-order valence-electron chi connectivity index (χ3n) is 2.32. The van der Waals surface area contributed by atoms with Crippen molar-refractivity contribution in [3.8, 4) is 11.8 Å². The van der Waals surface area contributed by atoms with E-state index in [4.69, 9.17) is 10.00 Å². The Labute approximate surface area is 94.1 Å². The maximum atomic E-state index is 11.3. The Hall–Kier alpha value is -2.02. The molecular weight excluding hydrogens is 206 g/mol. The van der Waals surface area contributed by atoms with Gasteiger partial charge in [-0.2, -0.15) is 5.26 Å². The zero-order valence-corrected chi connectivity index (χ0v) is 9.28. The molecule has 1 aromatic carbocycles. The molecule has 1 rings (SSSR count). The zero-order chi connectivity index (χ0) is 12.1. The highest BCUT2D eigenvalue weighted by Gasteiger charge is 2.13. The van der Waals surface area contributed by atoms with Gasteiger partial charge in [0.1, 0.15) is 5.75 Å². The summed E-state index contributed by atoms with van der Waals surface area (Å²) in [6.45, 7) is 3.70. The van der Waals surface area contributed by atoms with Crippen LogP contribution in [0.25, 0.3) is 0 Å². The third kappa shape index (κ3) is 2.51.